The van der Waals surface area contributed by atoms with Gasteiger partial charge >= 0.3 is 0 Å². The molecule has 4 heteroatoms. The van der Waals surface area contributed by atoms with Gasteiger partial charge in [0.25, 0.3) is 0 Å². The molecule has 0 fully saturated rings. The molecule has 0 aliphatic heterocycles. The van der Waals surface area contributed by atoms with Gasteiger partial charge in [-0.2, -0.15) is 0 Å². The molecule has 0 aliphatic carbocycles. The summed E-state index contributed by atoms with van der Waals surface area (Å²) in [7, 11) is 2.18. The summed E-state index contributed by atoms with van der Waals surface area (Å²) in [4.78, 5) is 3.73. The van der Waals surface area contributed by atoms with Gasteiger partial charge in [-0.05, 0) is 45.1 Å². The highest BCUT2D eigenvalue weighted by Crippen LogP contribution is 2.23. The van der Waals surface area contributed by atoms with Crippen LogP contribution in [0.1, 0.15) is 25.6 Å². The summed E-state index contributed by atoms with van der Waals surface area (Å²) in [6.45, 7) is 9.83. The third kappa shape index (κ3) is 4.96. The van der Waals surface area contributed by atoms with Gasteiger partial charge in [0, 0.05) is 17.5 Å². The Balaban J connectivity index is 2.43. The van der Waals surface area contributed by atoms with Crippen molar-refractivity contribution in [2.24, 2.45) is 5.92 Å². The fourth-order valence-corrected chi connectivity index (χ4v) is 2.95. The third-order valence-corrected chi connectivity index (χ3v) is 4.49. The van der Waals surface area contributed by atoms with Gasteiger partial charge < -0.3 is 5.32 Å². The summed E-state index contributed by atoms with van der Waals surface area (Å²) in [5.74, 6) is 0.649. The van der Waals surface area contributed by atoms with Gasteiger partial charge in [-0.15, -0.1) is 11.3 Å². The van der Waals surface area contributed by atoms with E-state index in [2.05, 4.69) is 44.1 Å². The molecule has 1 N–H and O–H groups in total. The third-order valence-electron chi connectivity index (χ3n) is 3.27. The number of hydrogen-bond acceptors (Lipinski definition) is 3. The van der Waals surface area contributed by atoms with Crippen molar-refractivity contribution in [2.75, 3.05) is 20.1 Å². The fourth-order valence-electron chi connectivity index (χ4n) is 1.80. The van der Waals surface area contributed by atoms with Crippen LogP contribution in [0.3, 0.4) is 0 Å². The quantitative estimate of drug-likeness (QED) is 0.819. The van der Waals surface area contributed by atoms with E-state index in [0.717, 1.165) is 24.0 Å². The summed E-state index contributed by atoms with van der Waals surface area (Å²) < 4.78 is 0.877. The minimum Gasteiger partial charge on any atom is -0.317 e. The van der Waals surface area contributed by atoms with E-state index in [9.17, 15) is 0 Å². The Hall–Kier alpha value is -0.0900. The largest absolute Gasteiger partial charge is 0.317 e. The molecule has 0 aromatic carbocycles. The molecular formula is C13H23ClN2S. The molecule has 0 bridgehead atoms. The molecule has 2 unspecified atom stereocenters. The minimum absolute atomic E-state index is 0.565. The average molecular weight is 275 g/mol. The number of rotatable bonds is 7. The number of nitrogens with one attached hydrogen (secondary N) is 1. The van der Waals surface area contributed by atoms with Gasteiger partial charge in [0.05, 0.1) is 4.34 Å². The molecule has 2 atom stereocenters. The molecule has 98 valence electrons. The molecule has 1 heterocycles. The number of hydrogen-bond donors (Lipinski definition) is 1. The van der Waals surface area contributed by atoms with Crippen molar-refractivity contribution in [1.29, 1.82) is 0 Å². The highest BCUT2D eigenvalue weighted by Gasteiger charge is 2.17. The Bertz CT molecular complexity index is 327. The summed E-state index contributed by atoms with van der Waals surface area (Å²) in [6, 6.07) is 4.66. The molecule has 2 nitrogen and oxygen atoms in total. The first kappa shape index (κ1) is 15.0. The molecule has 0 radical (unpaired) electrons. The number of nitrogens with zero attached hydrogens (tertiary/aromatic N) is 1. The van der Waals surface area contributed by atoms with E-state index in [-0.39, 0.29) is 0 Å². The van der Waals surface area contributed by atoms with Crippen LogP contribution >= 0.6 is 22.9 Å². The number of halogens is 1. The van der Waals surface area contributed by atoms with Crippen molar-refractivity contribution in [3.8, 4) is 0 Å². The predicted molar refractivity (Wildman–Crippen MR) is 78.0 cm³/mol. The van der Waals surface area contributed by atoms with E-state index >= 15 is 0 Å². The Morgan fingerprint density at radius 3 is 2.65 bits per heavy atom. The lowest BCUT2D eigenvalue weighted by atomic mass is 10.0. The van der Waals surface area contributed by atoms with Gasteiger partial charge in [-0.25, -0.2) is 0 Å². The maximum Gasteiger partial charge on any atom is 0.0931 e. The zero-order valence-corrected chi connectivity index (χ0v) is 12.7. The lowest BCUT2D eigenvalue weighted by Crippen LogP contribution is -2.38. The first-order valence-corrected chi connectivity index (χ1v) is 7.39. The van der Waals surface area contributed by atoms with E-state index in [4.69, 9.17) is 11.6 Å². The highest BCUT2D eigenvalue weighted by molar-refractivity contribution is 7.16. The van der Waals surface area contributed by atoms with Crippen LogP contribution in [0.25, 0.3) is 0 Å². The molecule has 0 aliphatic rings. The van der Waals surface area contributed by atoms with Crippen LogP contribution in [0, 0.1) is 5.92 Å². The van der Waals surface area contributed by atoms with Crippen molar-refractivity contribution in [2.45, 2.75) is 33.4 Å². The Morgan fingerprint density at radius 1 is 1.41 bits per heavy atom. The van der Waals surface area contributed by atoms with Crippen LogP contribution in [-0.2, 0) is 6.54 Å². The standard InChI is InChI=1S/C13H23ClN2S/c1-5-15-8-10(2)11(3)16(4)9-12-6-7-13(14)17-12/h6-7,10-11,15H,5,8-9H2,1-4H3. The van der Waals surface area contributed by atoms with E-state index in [1.165, 1.54) is 4.88 Å². The summed E-state index contributed by atoms with van der Waals surface area (Å²) in [6.07, 6.45) is 0. The van der Waals surface area contributed by atoms with Crippen molar-refractivity contribution >= 4 is 22.9 Å². The van der Waals surface area contributed by atoms with Gasteiger partial charge in [0.1, 0.15) is 0 Å². The minimum atomic E-state index is 0.565. The first-order chi connectivity index (χ1) is 8.04. The second-order valence-corrected chi connectivity index (χ2v) is 6.45. The van der Waals surface area contributed by atoms with Gasteiger partial charge in [-0.1, -0.05) is 25.4 Å². The molecule has 0 amide bonds. The highest BCUT2D eigenvalue weighted by atomic mass is 35.5. The van der Waals surface area contributed by atoms with E-state index < -0.39 is 0 Å². The maximum atomic E-state index is 5.94. The van der Waals surface area contributed by atoms with Crippen molar-refractivity contribution in [3.05, 3.63) is 21.3 Å². The smallest absolute Gasteiger partial charge is 0.0931 e. The molecule has 0 saturated heterocycles. The molecular weight excluding hydrogens is 252 g/mol. The maximum absolute atomic E-state index is 5.94. The van der Waals surface area contributed by atoms with Gasteiger partial charge in [-0.3, -0.25) is 4.90 Å². The second kappa shape index (κ2) is 7.37. The molecule has 1 aromatic heterocycles. The summed E-state index contributed by atoms with van der Waals surface area (Å²) in [5.41, 5.74) is 0. The predicted octanol–water partition coefficient (Wildman–Crippen LogP) is 3.47. The molecule has 17 heavy (non-hydrogen) atoms. The van der Waals surface area contributed by atoms with Crippen LogP contribution in [0.4, 0.5) is 0 Å². The Kier molecular flexibility index (Phi) is 6.49. The topological polar surface area (TPSA) is 15.3 Å². The zero-order valence-electron chi connectivity index (χ0n) is 11.2. The second-order valence-electron chi connectivity index (χ2n) is 4.65. The Labute approximate surface area is 114 Å². The van der Waals surface area contributed by atoms with E-state index in [1.807, 2.05) is 6.07 Å². The van der Waals surface area contributed by atoms with Crippen LogP contribution in [-0.4, -0.2) is 31.1 Å². The van der Waals surface area contributed by atoms with Gasteiger partial charge in [0.15, 0.2) is 0 Å². The van der Waals surface area contributed by atoms with Crippen LogP contribution in [0.5, 0.6) is 0 Å². The summed E-state index contributed by atoms with van der Waals surface area (Å²) in [5, 5.41) is 3.41. The first-order valence-electron chi connectivity index (χ1n) is 6.19. The SMILES string of the molecule is CCNCC(C)C(C)N(C)Cc1ccc(Cl)s1. The van der Waals surface area contributed by atoms with Crippen LogP contribution in [0.15, 0.2) is 12.1 Å². The molecule has 1 aromatic rings. The van der Waals surface area contributed by atoms with E-state index in [1.54, 1.807) is 11.3 Å². The van der Waals surface area contributed by atoms with Crippen LogP contribution in [0.2, 0.25) is 4.34 Å². The molecule has 0 saturated carbocycles. The van der Waals surface area contributed by atoms with Crippen molar-refractivity contribution in [3.63, 3.8) is 0 Å². The van der Waals surface area contributed by atoms with Crippen molar-refractivity contribution < 1.29 is 0 Å². The lowest BCUT2D eigenvalue weighted by Gasteiger charge is -2.29. The molecule has 1 rings (SSSR count). The number of thiophene rings is 1. The lowest BCUT2D eigenvalue weighted by molar-refractivity contribution is 0.190. The fraction of sp³-hybridized carbons (Fsp3) is 0.692. The van der Waals surface area contributed by atoms with Crippen LogP contribution < -0.4 is 5.32 Å². The monoisotopic (exact) mass is 274 g/mol. The van der Waals surface area contributed by atoms with Crippen molar-refractivity contribution in [1.82, 2.24) is 10.2 Å². The van der Waals surface area contributed by atoms with E-state index in [0.29, 0.717) is 12.0 Å². The normalized spacial score (nSPS) is 15.2. The Morgan fingerprint density at radius 2 is 2.12 bits per heavy atom. The zero-order chi connectivity index (χ0) is 12.8. The van der Waals surface area contributed by atoms with Gasteiger partial charge in [0.2, 0.25) is 0 Å². The average Bonchev–Trinajstić information content (AvgIpc) is 2.70. The molecule has 0 spiro atoms. The summed E-state index contributed by atoms with van der Waals surface area (Å²) >= 11 is 7.62.